The van der Waals surface area contributed by atoms with Gasteiger partial charge in [-0.15, -0.1) is 0 Å². The number of benzene rings is 3. The van der Waals surface area contributed by atoms with E-state index in [1.165, 1.54) is 0 Å². The molecule has 1 saturated heterocycles. The normalized spacial score (nSPS) is 15.7. The predicted molar refractivity (Wildman–Crippen MR) is 263 cm³/mol. The predicted octanol–water partition coefficient (Wildman–Crippen LogP) is 4.61. The molecule has 0 spiro atoms. The molecule has 0 aromatic heterocycles. The zero-order valence-corrected chi connectivity index (χ0v) is 42.7. The second-order valence-electron chi connectivity index (χ2n) is 19.0. The third kappa shape index (κ3) is 18.8. The first-order valence-corrected chi connectivity index (χ1v) is 25.3. The summed E-state index contributed by atoms with van der Waals surface area (Å²) in [4.78, 5) is 83.4. The van der Waals surface area contributed by atoms with E-state index in [1.54, 1.807) is 44.2 Å². The average Bonchev–Trinajstić information content (AvgIpc) is 3.33. The Morgan fingerprint density at radius 3 is 1.86 bits per heavy atom. The van der Waals surface area contributed by atoms with Gasteiger partial charge in [0, 0.05) is 49.9 Å². The number of hydrogen-bond acceptors (Lipinski definition) is 15. The van der Waals surface area contributed by atoms with Crippen molar-refractivity contribution in [1.82, 2.24) is 15.5 Å². The van der Waals surface area contributed by atoms with E-state index in [2.05, 4.69) is 10.6 Å². The lowest BCUT2D eigenvalue weighted by Gasteiger charge is -2.30. The number of morpholine rings is 1. The average molecular weight is 1010 g/mol. The number of rotatable bonds is 31. The van der Waals surface area contributed by atoms with Gasteiger partial charge in [-0.25, -0.2) is 4.79 Å². The molecule has 1 heterocycles. The number of aliphatic hydroxyl groups is 1. The van der Waals surface area contributed by atoms with Crippen LogP contribution in [0, 0.1) is 23.7 Å². The number of Topliss-reactive ketones (excluding diaryl/α,β-unsaturated/α-hetero) is 3. The number of carbonyl (C=O) groups is 6. The minimum Gasteiger partial charge on any atom is -0.495 e. The fourth-order valence-electron chi connectivity index (χ4n) is 8.25. The highest BCUT2D eigenvalue weighted by atomic mass is 32.2. The third-order valence-corrected chi connectivity index (χ3v) is 13.3. The number of nitrogens with zero attached hydrogens (tertiary/aromatic N) is 1. The van der Waals surface area contributed by atoms with Crippen molar-refractivity contribution in [2.24, 2.45) is 23.7 Å². The van der Waals surface area contributed by atoms with Crippen LogP contribution < -0.4 is 24.8 Å². The highest BCUT2D eigenvalue weighted by Crippen LogP contribution is 2.39. The molecule has 0 aliphatic carbocycles. The van der Waals surface area contributed by atoms with E-state index in [0.29, 0.717) is 44.7 Å². The van der Waals surface area contributed by atoms with E-state index in [1.807, 2.05) is 49.1 Å². The fraction of sp³-hybridized carbons (Fsp3) is 0.538. The lowest BCUT2D eigenvalue weighted by molar-refractivity contribution is -0.144. The minimum absolute atomic E-state index is 0.0135. The van der Waals surface area contributed by atoms with Crippen molar-refractivity contribution in [1.29, 1.82) is 0 Å². The van der Waals surface area contributed by atoms with Crippen LogP contribution in [0.4, 0.5) is 0 Å². The van der Waals surface area contributed by atoms with Gasteiger partial charge in [0.15, 0.2) is 23.1 Å². The Labute approximate surface area is 417 Å². The van der Waals surface area contributed by atoms with E-state index < -0.39 is 87.1 Å². The van der Waals surface area contributed by atoms with Crippen LogP contribution in [-0.4, -0.2) is 137 Å². The molecule has 4 N–H and O–H groups in total. The number of ketones is 3. The number of ether oxygens (including phenoxy) is 4. The van der Waals surface area contributed by atoms with Gasteiger partial charge in [-0.3, -0.25) is 33.1 Å². The second kappa shape index (κ2) is 27.8. The molecule has 1 unspecified atom stereocenters. The lowest BCUT2D eigenvalue weighted by atomic mass is 9.86. The van der Waals surface area contributed by atoms with Gasteiger partial charge in [-0.1, -0.05) is 88.4 Å². The molecule has 2 amide bonds. The molecule has 4 rings (SSSR count). The van der Waals surface area contributed by atoms with Gasteiger partial charge in [0.25, 0.3) is 0 Å². The number of aliphatic carboxylic acids is 1. The number of aryl methyl sites for hydroxylation is 1. The van der Waals surface area contributed by atoms with Gasteiger partial charge < -0.3 is 39.8 Å². The first-order valence-electron chi connectivity index (χ1n) is 23.9. The Morgan fingerprint density at radius 2 is 1.31 bits per heavy atom. The molecule has 0 saturated carbocycles. The maximum Gasteiger partial charge on any atom is 0.341 e. The molecule has 71 heavy (non-hydrogen) atoms. The standard InChI is InChI=1S/C52H71N3O15S/c1-34(2)24-42(53-50(61)38(19-18-36-14-10-8-11-15-36)27-40(56)31-55-20-22-68-23-21-55)44(57)28-39(26-37-16-12-9-13-17-37)51(62)54-43(25-35(3)4)49(60)52(5,63)33-70-71(64,65)48-45(66-6)29-41(30-46(48)67-7)69-32-47(58)59/h8-17,29-30,34-35,38-39,42-43,63H,18-28,31-33H2,1-7H3,(H,53,61)(H,54,62)(H,58,59)/t38-,39-,42+,43+,52?/m1/s1. The zero-order chi connectivity index (χ0) is 52.3. The van der Waals surface area contributed by atoms with Crippen molar-refractivity contribution in [3.05, 3.63) is 83.9 Å². The van der Waals surface area contributed by atoms with Crippen molar-refractivity contribution in [3.63, 3.8) is 0 Å². The van der Waals surface area contributed by atoms with E-state index in [9.17, 15) is 42.3 Å². The van der Waals surface area contributed by atoms with Crippen molar-refractivity contribution < 1.29 is 70.5 Å². The molecule has 3 aromatic rings. The van der Waals surface area contributed by atoms with Crippen LogP contribution in [0.2, 0.25) is 0 Å². The van der Waals surface area contributed by atoms with E-state index in [4.69, 9.17) is 28.2 Å². The molecule has 390 valence electrons. The minimum atomic E-state index is -4.87. The summed E-state index contributed by atoms with van der Waals surface area (Å²) in [6.45, 7) is 9.04. The lowest BCUT2D eigenvalue weighted by Crippen LogP contribution is -2.54. The van der Waals surface area contributed by atoms with Gasteiger partial charge in [-0.05, 0) is 62.0 Å². The van der Waals surface area contributed by atoms with Crippen LogP contribution in [0.1, 0.15) is 77.8 Å². The summed E-state index contributed by atoms with van der Waals surface area (Å²) in [5.74, 6) is -6.75. The van der Waals surface area contributed by atoms with Crippen LogP contribution in [0.15, 0.2) is 77.7 Å². The highest BCUT2D eigenvalue weighted by molar-refractivity contribution is 7.87. The molecule has 1 fully saturated rings. The summed E-state index contributed by atoms with van der Waals surface area (Å²) in [7, 11) is -2.57. The number of hydrogen-bond donors (Lipinski definition) is 4. The number of methoxy groups -OCH3 is 2. The molecular formula is C52H71N3O15S. The van der Waals surface area contributed by atoms with Crippen molar-refractivity contribution in [3.8, 4) is 17.2 Å². The Hall–Kier alpha value is -5.73. The number of amides is 2. The highest BCUT2D eigenvalue weighted by Gasteiger charge is 2.41. The molecule has 3 aromatic carbocycles. The summed E-state index contributed by atoms with van der Waals surface area (Å²) in [5, 5.41) is 26.4. The molecule has 1 aliphatic heterocycles. The topological polar surface area (TPSA) is 250 Å². The van der Waals surface area contributed by atoms with Gasteiger partial charge in [0.2, 0.25) is 11.8 Å². The SMILES string of the molecule is COc1cc(OCC(=O)O)cc(OC)c1S(=O)(=O)OCC(C)(O)C(=O)[C@H](CC(C)C)NC(=O)[C@@H](CC(=O)[C@H](CC(C)C)NC(=O)[C@H](CCc1ccccc1)CC(=O)CN1CCOCC1)Cc1ccccc1. The molecule has 19 heteroatoms. The maximum absolute atomic E-state index is 14.5. The van der Waals surface area contributed by atoms with Crippen molar-refractivity contribution in [2.45, 2.75) is 102 Å². The van der Waals surface area contributed by atoms with Crippen LogP contribution in [0.3, 0.4) is 0 Å². The Bertz CT molecular complexity index is 2330. The number of nitrogens with one attached hydrogen (secondary N) is 2. The Kier molecular flexibility index (Phi) is 22.6. The quantitative estimate of drug-likeness (QED) is 0.0643. The van der Waals surface area contributed by atoms with E-state index in [-0.39, 0.29) is 73.5 Å². The first-order chi connectivity index (χ1) is 33.6. The number of carboxylic acids is 1. The molecule has 18 nitrogen and oxygen atoms in total. The molecule has 5 atom stereocenters. The van der Waals surface area contributed by atoms with E-state index >= 15 is 0 Å². The number of carbonyl (C=O) groups excluding carboxylic acids is 5. The van der Waals surface area contributed by atoms with Crippen LogP contribution in [-0.2, 0) is 60.6 Å². The smallest absolute Gasteiger partial charge is 0.341 e. The Balaban J connectivity index is 1.57. The van der Waals surface area contributed by atoms with Gasteiger partial charge >= 0.3 is 16.1 Å². The number of carboxylic acid groups (broad SMARTS) is 1. The van der Waals surface area contributed by atoms with Gasteiger partial charge in [0.05, 0.1) is 46.1 Å². The van der Waals surface area contributed by atoms with Crippen molar-refractivity contribution in [2.75, 3.05) is 60.3 Å². The maximum atomic E-state index is 14.5. The largest absolute Gasteiger partial charge is 0.495 e. The molecule has 0 bridgehead atoms. The summed E-state index contributed by atoms with van der Waals surface area (Å²) in [5.41, 5.74) is -0.795. The van der Waals surface area contributed by atoms with Gasteiger partial charge in [-0.2, -0.15) is 8.42 Å². The Morgan fingerprint density at radius 1 is 0.775 bits per heavy atom. The second-order valence-corrected chi connectivity index (χ2v) is 20.5. The molecule has 1 aliphatic rings. The van der Waals surface area contributed by atoms with Crippen LogP contribution in [0.5, 0.6) is 17.2 Å². The van der Waals surface area contributed by atoms with Crippen LogP contribution in [0.25, 0.3) is 0 Å². The van der Waals surface area contributed by atoms with Crippen LogP contribution >= 0.6 is 0 Å². The first kappa shape index (κ1) is 57.8. The van der Waals surface area contributed by atoms with E-state index in [0.717, 1.165) is 38.8 Å². The molecular weight excluding hydrogens is 939 g/mol. The summed E-state index contributed by atoms with van der Waals surface area (Å²) < 4.78 is 53.7. The summed E-state index contributed by atoms with van der Waals surface area (Å²) >= 11 is 0. The van der Waals surface area contributed by atoms with Gasteiger partial charge in [0.1, 0.15) is 35.2 Å². The summed E-state index contributed by atoms with van der Waals surface area (Å²) in [6, 6.07) is 18.4. The summed E-state index contributed by atoms with van der Waals surface area (Å²) in [6.07, 6.45) is 0.858. The monoisotopic (exact) mass is 1010 g/mol. The van der Waals surface area contributed by atoms with Crippen molar-refractivity contribution >= 4 is 45.3 Å². The fourth-order valence-corrected chi connectivity index (χ4v) is 9.53. The zero-order valence-electron chi connectivity index (χ0n) is 41.8. The molecule has 0 radical (unpaired) electrons. The third-order valence-electron chi connectivity index (χ3n) is 11.9.